The maximum atomic E-state index is 11.9. The van der Waals surface area contributed by atoms with E-state index < -0.39 is 18.1 Å². The predicted octanol–water partition coefficient (Wildman–Crippen LogP) is 7.33. The molecule has 0 aromatic rings. The van der Waals surface area contributed by atoms with Crippen LogP contribution in [0.5, 0.6) is 0 Å². The van der Waals surface area contributed by atoms with Gasteiger partial charge in [-0.2, -0.15) is 0 Å². The molecular weight excluding hydrogens is 530 g/mol. The van der Waals surface area contributed by atoms with Gasteiger partial charge in [0.1, 0.15) is 12.7 Å². The number of quaternary nitrogens is 1. The number of unbranched alkanes of at least 4 members (excludes halogenated alkanes) is 6. The Morgan fingerprint density at radius 2 is 1.21 bits per heavy atom. The number of allylic oxidation sites excluding steroid dienone is 10. The SMILES string of the molecule is CC/C=C/C/C=C/C/C=C/C/C=C/C/C=C/CCCCCCCCC(=O)OCC(O)COCCC(C(=O)O)[N+](C)(C)C. The number of carboxylic acids is 1. The summed E-state index contributed by atoms with van der Waals surface area (Å²) >= 11 is 0. The van der Waals surface area contributed by atoms with Crippen LogP contribution in [0.25, 0.3) is 0 Å². The summed E-state index contributed by atoms with van der Waals surface area (Å²) in [6.07, 6.45) is 34.7. The molecule has 0 bridgehead atoms. The molecule has 0 aromatic carbocycles. The van der Waals surface area contributed by atoms with Gasteiger partial charge < -0.3 is 24.2 Å². The highest BCUT2D eigenvalue weighted by molar-refractivity contribution is 5.72. The lowest BCUT2D eigenvalue weighted by atomic mass is 10.1. The highest BCUT2D eigenvalue weighted by atomic mass is 16.5. The second-order valence-electron chi connectivity index (χ2n) is 11.5. The van der Waals surface area contributed by atoms with Crippen LogP contribution in [0.4, 0.5) is 0 Å². The molecule has 0 amide bonds. The Morgan fingerprint density at radius 3 is 1.74 bits per heavy atom. The number of hydrogen-bond donors (Lipinski definition) is 2. The quantitative estimate of drug-likeness (QED) is 0.0450. The number of esters is 1. The Bertz CT molecular complexity index is 822. The molecule has 0 heterocycles. The molecule has 2 unspecified atom stereocenters. The van der Waals surface area contributed by atoms with E-state index in [0.29, 0.717) is 17.3 Å². The van der Waals surface area contributed by atoms with Gasteiger partial charge in [0.15, 0.2) is 6.04 Å². The molecule has 0 saturated carbocycles. The zero-order chi connectivity index (χ0) is 31.3. The second-order valence-corrected chi connectivity index (χ2v) is 11.5. The van der Waals surface area contributed by atoms with Gasteiger partial charge in [-0.1, -0.05) is 93.4 Å². The van der Waals surface area contributed by atoms with Crippen LogP contribution in [0.2, 0.25) is 0 Å². The smallest absolute Gasteiger partial charge is 0.362 e. The fourth-order valence-electron chi connectivity index (χ4n) is 4.17. The normalized spacial score (nSPS) is 14.2. The topological polar surface area (TPSA) is 93.1 Å². The first kappa shape index (κ1) is 39.5. The average molecular weight is 591 g/mol. The maximum Gasteiger partial charge on any atom is 0.362 e. The molecule has 2 atom stereocenters. The van der Waals surface area contributed by atoms with Crippen molar-refractivity contribution >= 4 is 11.9 Å². The number of aliphatic hydroxyl groups is 1. The largest absolute Gasteiger partial charge is 0.477 e. The molecular formula is C35H60NO6+. The number of ether oxygens (including phenoxy) is 2. The van der Waals surface area contributed by atoms with Crippen molar-refractivity contribution in [3.63, 3.8) is 0 Å². The van der Waals surface area contributed by atoms with Gasteiger partial charge >= 0.3 is 11.9 Å². The van der Waals surface area contributed by atoms with Crippen LogP contribution in [0.15, 0.2) is 60.8 Å². The first-order chi connectivity index (χ1) is 20.2. The minimum atomic E-state index is -0.913. The van der Waals surface area contributed by atoms with Crippen molar-refractivity contribution in [2.45, 2.75) is 109 Å². The first-order valence-electron chi connectivity index (χ1n) is 15.9. The summed E-state index contributed by atoms with van der Waals surface area (Å²) in [4.78, 5) is 23.3. The highest BCUT2D eigenvalue weighted by Gasteiger charge is 2.30. The zero-order valence-electron chi connectivity index (χ0n) is 26.9. The molecule has 0 aliphatic rings. The number of carboxylic acid groups (broad SMARTS) is 1. The summed E-state index contributed by atoms with van der Waals surface area (Å²) < 4.78 is 10.8. The van der Waals surface area contributed by atoms with Crippen molar-refractivity contribution in [3.8, 4) is 0 Å². The average Bonchev–Trinajstić information content (AvgIpc) is 2.93. The molecule has 0 aromatic heterocycles. The lowest BCUT2D eigenvalue weighted by Gasteiger charge is -2.31. The first-order valence-corrected chi connectivity index (χ1v) is 15.9. The van der Waals surface area contributed by atoms with Gasteiger partial charge in [-0.15, -0.1) is 0 Å². The number of likely N-dealkylation sites (N-methyl/N-ethyl adjacent to an activating group) is 1. The van der Waals surface area contributed by atoms with Crippen LogP contribution >= 0.6 is 0 Å². The van der Waals surface area contributed by atoms with E-state index in [0.717, 1.165) is 57.8 Å². The van der Waals surface area contributed by atoms with Crippen molar-refractivity contribution < 1.29 is 33.8 Å². The van der Waals surface area contributed by atoms with Crippen LogP contribution in [0, 0.1) is 0 Å². The Labute approximate surface area is 256 Å². The van der Waals surface area contributed by atoms with Crippen LogP contribution in [-0.2, 0) is 19.1 Å². The van der Waals surface area contributed by atoms with E-state index in [4.69, 9.17) is 9.47 Å². The van der Waals surface area contributed by atoms with Gasteiger partial charge in [0.2, 0.25) is 0 Å². The number of nitrogens with zero attached hydrogens (tertiary/aromatic N) is 1. The Hall–Kier alpha value is -2.48. The molecule has 7 heteroatoms. The summed E-state index contributed by atoms with van der Waals surface area (Å²) in [7, 11) is 5.46. The van der Waals surface area contributed by atoms with Crippen molar-refractivity contribution in [3.05, 3.63) is 60.8 Å². The van der Waals surface area contributed by atoms with E-state index in [9.17, 15) is 19.8 Å². The van der Waals surface area contributed by atoms with Gasteiger partial charge in [0.05, 0.1) is 34.4 Å². The van der Waals surface area contributed by atoms with Crippen LogP contribution in [0.3, 0.4) is 0 Å². The number of aliphatic hydroxyl groups excluding tert-OH is 1. The summed E-state index contributed by atoms with van der Waals surface area (Å²) in [5.41, 5.74) is 0. The predicted molar refractivity (Wildman–Crippen MR) is 173 cm³/mol. The summed E-state index contributed by atoms with van der Waals surface area (Å²) in [6.45, 7) is 2.28. The molecule has 0 aliphatic carbocycles. The third-order valence-corrected chi connectivity index (χ3v) is 6.66. The van der Waals surface area contributed by atoms with Crippen molar-refractivity contribution in [2.75, 3.05) is 41.0 Å². The molecule has 2 N–H and O–H groups in total. The summed E-state index contributed by atoms with van der Waals surface area (Å²) in [6, 6.07) is -0.580. The van der Waals surface area contributed by atoms with Crippen molar-refractivity contribution in [1.29, 1.82) is 0 Å². The Kier molecular flexibility index (Phi) is 25.7. The number of rotatable bonds is 27. The molecule has 0 aliphatic heterocycles. The molecule has 0 spiro atoms. The second kappa shape index (κ2) is 27.4. The van der Waals surface area contributed by atoms with E-state index in [1.54, 1.807) is 0 Å². The van der Waals surface area contributed by atoms with Gasteiger partial charge in [-0.3, -0.25) is 4.79 Å². The van der Waals surface area contributed by atoms with E-state index in [2.05, 4.69) is 67.7 Å². The van der Waals surface area contributed by atoms with Gasteiger partial charge in [-0.05, 0) is 51.4 Å². The molecule has 42 heavy (non-hydrogen) atoms. The standard InChI is InChI=1S/C35H59NO6/c1-5-6-7-8-9-10-11-12-13-14-15-16-17-18-19-20-21-22-23-24-25-26-27-34(38)42-31-32(37)30-41-29-28-33(35(39)40)36(2,3)4/h6-7,9-10,12-13,15-16,18-19,32-33,37H,5,8,11,14,17,20-31H2,1-4H3/p+1/b7-6+,10-9+,13-12+,16-15+,19-18+. The molecule has 0 saturated heterocycles. The van der Waals surface area contributed by atoms with Gasteiger partial charge in [0.25, 0.3) is 0 Å². The molecule has 0 rings (SSSR count). The monoisotopic (exact) mass is 590 g/mol. The van der Waals surface area contributed by atoms with Crippen LogP contribution < -0.4 is 0 Å². The fourth-order valence-corrected chi connectivity index (χ4v) is 4.17. The number of hydrogen-bond acceptors (Lipinski definition) is 5. The van der Waals surface area contributed by atoms with E-state index in [1.165, 1.54) is 19.3 Å². The third-order valence-electron chi connectivity index (χ3n) is 6.66. The van der Waals surface area contributed by atoms with E-state index in [1.807, 2.05) is 21.1 Å². The zero-order valence-corrected chi connectivity index (χ0v) is 26.9. The molecule has 240 valence electrons. The molecule has 0 fully saturated rings. The number of carbonyl (C=O) groups is 2. The number of aliphatic carboxylic acids is 1. The van der Waals surface area contributed by atoms with E-state index in [-0.39, 0.29) is 25.8 Å². The minimum Gasteiger partial charge on any atom is -0.477 e. The third kappa shape index (κ3) is 26.4. The van der Waals surface area contributed by atoms with Crippen LogP contribution in [0.1, 0.15) is 96.8 Å². The molecule has 7 nitrogen and oxygen atoms in total. The van der Waals surface area contributed by atoms with Crippen LogP contribution in [-0.4, -0.2) is 79.7 Å². The lowest BCUT2D eigenvalue weighted by molar-refractivity contribution is -0.887. The minimum absolute atomic E-state index is 0.0103. The number of carbonyl (C=O) groups excluding carboxylic acids is 1. The van der Waals surface area contributed by atoms with Gasteiger partial charge in [-0.25, -0.2) is 4.79 Å². The Morgan fingerprint density at radius 1 is 0.714 bits per heavy atom. The van der Waals surface area contributed by atoms with Crippen molar-refractivity contribution in [1.82, 2.24) is 0 Å². The molecule has 0 radical (unpaired) electrons. The summed E-state index contributed by atoms with van der Waals surface area (Å²) in [5.74, 6) is -1.18. The summed E-state index contributed by atoms with van der Waals surface area (Å²) in [5, 5.41) is 19.3. The van der Waals surface area contributed by atoms with E-state index >= 15 is 0 Å². The Balaban J connectivity index is 3.60. The lowest BCUT2D eigenvalue weighted by Crippen LogP contribution is -2.50. The maximum absolute atomic E-state index is 11.9. The highest BCUT2D eigenvalue weighted by Crippen LogP contribution is 2.11. The fraction of sp³-hybridized carbons (Fsp3) is 0.657. The van der Waals surface area contributed by atoms with Crippen molar-refractivity contribution in [2.24, 2.45) is 0 Å². The van der Waals surface area contributed by atoms with Gasteiger partial charge in [0, 0.05) is 12.8 Å².